The monoisotopic (exact) mass is 212 g/mol. The topological polar surface area (TPSA) is 26.3 Å². The molecule has 0 spiro atoms. The van der Waals surface area contributed by atoms with Crippen molar-refractivity contribution in [1.82, 2.24) is 0 Å². The van der Waals surface area contributed by atoms with E-state index >= 15 is 0 Å². The van der Waals surface area contributed by atoms with Crippen molar-refractivity contribution in [2.24, 2.45) is 0 Å². The molecule has 0 heterocycles. The second kappa shape index (κ2) is 4.62. The van der Waals surface area contributed by atoms with Gasteiger partial charge >= 0.3 is 0 Å². The fourth-order valence-electron chi connectivity index (χ4n) is 1.39. The molecule has 0 aliphatic heterocycles. The normalized spacial score (nSPS) is 9.81. The Kier molecular flexibility index (Phi) is 3.01. The van der Waals surface area contributed by atoms with Crippen LogP contribution in [-0.4, -0.2) is 6.29 Å². The molecule has 0 aliphatic rings. The average molecular weight is 212 g/mol. The Morgan fingerprint density at radius 1 is 1.00 bits per heavy atom. The third kappa shape index (κ3) is 2.48. The first kappa shape index (κ1) is 10.4. The van der Waals surface area contributed by atoms with E-state index in [1.54, 1.807) is 18.2 Å². The van der Waals surface area contributed by atoms with Crippen molar-refractivity contribution < 1.29 is 9.53 Å². The van der Waals surface area contributed by atoms with Crippen LogP contribution in [0.5, 0.6) is 11.5 Å². The molecule has 0 fully saturated rings. The van der Waals surface area contributed by atoms with Gasteiger partial charge in [0.25, 0.3) is 0 Å². The van der Waals surface area contributed by atoms with Crippen molar-refractivity contribution in [3.63, 3.8) is 0 Å². The van der Waals surface area contributed by atoms with Gasteiger partial charge in [0.05, 0.1) is 0 Å². The lowest BCUT2D eigenvalue weighted by molar-refractivity contribution is 0.112. The number of benzene rings is 2. The lowest BCUT2D eigenvalue weighted by Crippen LogP contribution is -1.86. The third-order valence-electron chi connectivity index (χ3n) is 2.25. The summed E-state index contributed by atoms with van der Waals surface area (Å²) < 4.78 is 5.62. The predicted molar refractivity (Wildman–Crippen MR) is 63.1 cm³/mol. The third-order valence-corrected chi connectivity index (χ3v) is 2.25. The van der Waals surface area contributed by atoms with Crippen LogP contribution in [0.3, 0.4) is 0 Å². The Balaban J connectivity index is 2.20. The highest BCUT2D eigenvalue weighted by molar-refractivity contribution is 5.75. The number of carbonyl (C=O) groups excluding carboxylic acids is 1. The van der Waals surface area contributed by atoms with E-state index in [0.717, 1.165) is 12.0 Å². The van der Waals surface area contributed by atoms with Gasteiger partial charge in [0.2, 0.25) is 0 Å². The standard InChI is InChI=1S/C14H12O2/c1-11-5-7-13(8-6-11)16-14-4-2-3-12(9-14)10-15/h2-10H,1H3. The maximum absolute atomic E-state index is 10.6. The van der Waals surface area contributed by atoms with Gasteiger partial charge in [-0.1, -0.05) is 29.8 Å². The first-order valence-electron chi connectivity index (χ1n) is 5.08. The molecule has 0 saturated heterocycles. The number of hydrogen-bond acceptors (Lipinski definition) is 2. The van der Waals surface area contributed by atoms with Crippen molar-refractivity contribution in [2.45, 2.75) is 6.92 Å². The van der Waals surface area contributed by atoms with Crippen molar-refractivity contribution in [2.75, 3.05) is 0 Å². The lowest BCUT2D eigenvalue weighted by atomic mass is 10.2. The molecule has 2 rings (SSSR count). The van der Waals surface area contributed by atoms with E-state index in [9.17, 15) is 4.79 Å². The van der Waals surface area contributed by atoms with Gasteiger partial charge in [-0.2, -0.15) is 0 Å². The number of aryl methyl sites for hydroxylation is 1. The number of carbonyl (C=O) groups is 1. The van der Waals surface area contributed by atoms with Crippen LogP contribution in [0.15, 0.2) is 48.5 Å². The van der Waals surface area contributed by atoms with Crippen molar-refractivity contribution in [3.05, 3.63) is 59.7 Å². The van der Waals surface area contributed by atoms with Crippen LogP contribution in [0.2, 0.25) is 0 Å². The van der Waals surface area contributed by atoms with E-state index < -0.39 is 0 Å². The molecule has 0 aliphatic carbocycles. The molecule has 0 radical (unpaired) electrons. The van der Waals surface area contributed by atoms with E-state index in [0.29, 0.717) is 11.3 Å². The molecule has 0 bridgehead atoms. The largest absolute Gasteiger partial charge is 0.457 e. The summed E-state index contributed by atoms with van der Waals surface area (Å²) in [7, 11) is 0. The summed E-state index contributed by atoms with van der Waals surface area (Å²) >= 11 is 0. The van der Waals surface area contributed by atoms with Crippen molar-refractivity contribution in [1.29, 1.82) is 0 Å². The van der Waals surface area contributed by atoms with Gasteiger partial charge in [0.15, 0.2) is 0 Å². The van der Waals surface area contributed by atoms with Crippen molar-refractivity contribution >= 4 is 6.29 Å². The predicted octanol–water partition coefficient (Wildman–Crippen LogP) is 3.60. The molecule has 2 nitrogen and oxygen atoms in total. The Hall–Kier alpha value is -2.09. The van der Waals surface area contributed by atoms with Crippen LogP contribution in [-0.2, 0) is 0 Å². The van der Waals surface area contributed by atoms with Gasteiger partial charge in [-0.25, -0.2) is 0 Å². The minimum Gasteiger partial charge on any atom is -0.457 e. The summed E-state index contributed by atoms with van der Waals surface area (Å²) in [6.07, 6.45) is 0.808. The zero-order chi connectivity index (χ0) is 11.4. The lowest BCUT2D eigenvalue weighted by Gasteiger charge is -2.05. The zero-order valence-corrected chi connectivity index (χ0v) is 9.01. The van der Waals surface area contributed by atoms with Crippen LogP contribution in [0, 0.1) is 6.92 Å². The van der Waals surface area contributed by atoms with Gasteiger partial charge in [0.1, 0.15) is 17.8 Å². The van der Waals surface area contributed by atoms with E-state index in [4.69, 9.17) is 4.74 Å². The van der Waals surface area contributed by atoms with Gasteiger partial charge < -0.3 is 4.74 Å². The molecule has 0 N–H and O–H groups in total. The highest BCUT2D eigenvalue weighted by Gasteiger charge is 1.98. The second-order valence-electron chi connectivity index (χ2n) is 3.61. The fraction of sp³-hybridized carbons (Fsp3) is 0.0714. The summed E-state index contributed by atoms with van der Waals surface area (Å²) in [5.74, 6) is 1.45. The molecule has 0 atom stereocenters. The maximum atomic E-state index is 10.6. The van der Waals surface area contributed by atoms with Crippen LogP contribution >= 0.6 is 0 Å². The molecule has 0 aromatic heterocycles. The quantitative estimate of drug-likeness (QED) is 0.726. The summed E-state index contributed by atoms with van der Waals surface area (Å²) in [5, 5.41) is 0. The molecule has 0 saturated carbocycles. The minimum atomic E-state index is 0.615. The van der Waals surface area contributed by atoms with Crippen LogP contribution in [0.4, 0.5) is 0 Å². The molecule has 16 heavy (non-hydrogen) atoms. The van der Waals surface area contributed by atoms with E-state index in [1.165, 1.54) is 5.56 Å². The first-order valence-corrected chi connectivity index (χ1v) is 5.08. The summed E-state index contributed by atoms with van der Waals surface area (Å²) in [6.45, 7) is 2.02. The molecule has 0 unspecified atom stereocenters. The van der Waals surface area contributed by atoms with Gasteiger partial charge in [-0.15, -0.1) is 0 Å². The number of hydrogen-bond donors (Lipinski definition) is 0. The van der Waals surface area contributed by atoms with Gasteiger partial charge in [0, 0.05) is 5.56 Å². The molecular weight excluding hydrogens is 200 g/mol. The second-order valence-corrected chi connectivity index (χ2v) is 3.61. The molecule has 2 aromatic rings. The summed E-state index contributed by atoms with van der Waals surface area (Å²) in [4.78, 5) is 10.6. The van der Waals surface area contributed by atoms with E-state index in [2.05, 4.69) is 0 Å². The maximum Gasteiger partial charge on any atom is 0.150 e. The summed E-state index contributed by atoms with van der Waals surface area (Å²) in [5.41, 5.74) is 1.80. The fourth-order valence-corrected chi connectivity index (χ4v) is 1.39. The smallest absolute Gasteiger partial charge is 0.150 e. The number of rotatable bonds is 3. The SMILES string of the molecule is Cc1ccc(Oc2cccc(C=O)c2)cc1. The Bertz CT molecular complexity index is 486. The number of aldehydes is 1. The van der Waals surface area contributed by atoms with E-state index in [-0.39, 0.29) is 0 Å². The molecule has 2 heteroatoms. The zero-order valence-electron chi connectivity index (χ0n) is 9.01. The highest BCUT2D eigenvalue weighted by atomic mass is 16.5. The molecule has 0 amide bonds. The number of ether oxygens (including phenoxy) is 1. The first-order chi connectivity index (χ1) is 7.78. The van der Waals surface area contributed by atoms with Crippen molar-refractivity contribution in [3.8, 4) is 11.5 Å². The van der Waals surface area contributed by atoms with Crippen LogP contribution in [0.25, 0.3) is 0 Å². The molecule has 80 valence electrons. The van der Waals surface area contributed by atoms with Gasteiger partial charge in [-0.3, -0.25) is 4.79 Å². The Labute approximate surface area is 94.5 Å². The minimum absolute atomic E-state index is 0.615. The highest BCUT2D eigenvalue weighted by Crippen LogP contribution is 2.21. The van der Waals surface area contributed by atoms with Crippen LogP contribution in [0.1, 0.15) is 15.9 Å². The Morgan fingerprint density at radius 2 is 1.75 bits per heavy atom. The van der Waals surface area contributed by atoms with Gasteiger partial charge in [-0.05, 0) is 31.2 Å². The average Bonchev–Trinajstić information content (AvgIpc) is 2.32. The van der Waals surface area contributed by atoms with E-state index in [1.807, 2.05) is 37.3 Å². The van der Waals surface area contributed by atoms with Crippen LogP contribution < -0.4 is 4.74 Å². The summed E-state index contributed by atoms with van der Waals surface area (Å²) in [6, 6.07) is 14.9. The molecule has 2 aromatic carbocycles. The Morgan fingerprint density at radius 3 is 2.44 bits per heavy atom. The molecular formula is C14H12O2.